The lowest BCUT2D eigenvalue weighted by molar-refractivity contribution is 0.586. The molecule has 0 amide bonds. The highest BCUT2D eigenvalue weighted by Gasteiger charge is 2.14. The van der Waals surface area contributed by atoms with E-state index in [0.717, 1.165) is 16.7 Å². The van der Waals surface area contributed by atoms with Crippen LogP contribution in [0.2, 0.25) is 0 Å². The van der Waals surface area contributed by atoms with Gasteiger partial charge in [0.2, 0.25) is 10.0 Å². The predicted octanol–water partition coefficient (Wildman–Crippen LogP) is 4.01. The first-order valence-electron chi connectivity index (χ1n) is 7.71. The third-order valence-corrected chi connectivity index (χ3v) is 4.88. The number of allylic oxidation sites excluding steroid dienone is 1. The Labute approximate surface area is 139 Å². The molecule has 0 aliphatic heterocycles. The van der Waals surface area contributed by atoms with Gasteiger partial charge in [0.1, 0.15) is 0 Å². The van der Waals surface area contributed by atoms with Gasteiger partial charge in [0.05, 0.1) is 4.90 Å². The normalized spacial score (nSPS) is 12.6. The van der Waals surface area contributed by atoms with Crippen LogP contribution < -0.4 is 4.72 Å². The van der Waals surface area contributed by atoms with Crippen LogP contribution in [0.1, 0.15) is 25.0 Å². The Bertz CT molecular complexity index is 761. The van der Waals surface area contributed by atoms with Crippen molar-refractivity contribution in [1.29, 1.82) is 0 Å². The van der Waals surface area contributed by atoms with Gasteiger partial charge in [-0.05, 0) is 36.1 Å². The fourth-order valence-electron chi connectivity index (χ4n) is 2.29. The molecule has 0 atom stereocenters. The van der Waals surface area contributed by atoms with Crippen LogP contribution in [0.4, 0.5) is 0 Å². The van der Waals surface area contributed by atoms with Gasteiger partial charge >= 0.3 is 0 Å². The van der Waals surface area contributed by atoms with E-state index in [1.165, 1.54) is 0 Å². The molecule has 0 unspecified atom stereocenters. The van der Waals surface area contributed by atoms with Crippen molar-refractivity contribution >= 4 is 15.6 Å². The van der Waals surface area contributed by atoms with Crippen molar-refractivity contribution in [3.8, 4) is 0 Å². The Hall–Kier alpha value is -1.91. The largest absolute Gasteiger partial charge is 0.240 e. The van der Waals surface area contributed by atoms with Gasteiger partial charge in [0.25, 0.3) is 0 Å². The van der Waals surface area contributed by atoms with E-state index < -0.39 is 10.0 Å². The van der Waals surface area contributed by atoms with E-state index >= 15 is 0 Å². The molecule has 0 aliphatic rings. The number of sulfonamides is 1. The molecule has 0 aromatic heterocycles. The van der Waals surface area contributed by atoms with Crippen molar-refractivity contribution in [3.63, 3.8) is 0 Å². The first-order chi connectivity index (χ1) is 10.9. The number of benzene rings is 2. The summed E-state index contributed by atoms with van der Waals surface area (Å²) in [5.41, 5.74) is 3.05. The summed E-state index contributed by atoms with van der Waals surface area (Å²) in [5.74, 6) is 0.342. The van der Waals surface area contributed by atoms with E-state index in [2.05, 4.69) is 24.6 Å². The van der Waals surface area contributed by atoms with Gasteiger partial charge in [0, 0.05) is 6.54 Å². The maximum Gasteiger partial charge on any atom is 0.240 e. The molecule has 0 aliphatic carbocycles. The van der Waals surface area contributed by atoms with E-state index in [1.807, 2.05) is 37.3 Å². The molecule has 0 spiro atoms. The lowest BCUT2D eigenvalue weighted by atomic mass is 10.0. The molecule has 2 rings (SSSR count). The van der Waals surface area contributed by atoms with Gasteiger partial charge in [-0.25, -0.2) is 13.1 Å². The van der Waals surface area contributed by atoms with Crippen LogP contribution in [0.15, 0.2) is 65.6 Å². The average Bonchev–Trinajstić information content (AvgIpc) is 2.52. The molecule has 0 bridgehead atoms. The summed E-state index contributed by atoms with van der Waals surface area (Å²) in [6, 6.07) is 16.7. The second kappa shape index (κ2) is 7.57. The number of nitrogens with one attached hydrogen (secondary N) is 1. The second-order valence-corrected chi connectivity index (χ2v) is 7.71. The highest BCUT2D eigenvalue weighted by molar-refractivity contribution is 7.89. The van der Waals surface area contributed by atoms with E-state index in [1.54, 1.807) is 24.3 Å². The SMILES string of the molecule is Cc1ccc(S(=O)(=O)NCC(=CC(C)C)c2ccccc2)cc1. The van der Waals surface area contributed by atoms with Crippen molar-refractivity contribution < 1.29 is 8.42 Å². The van der Waals surface area contributed by atoms with E-state index in [9.17, 15) is 8.42 Å². The molecular formula is C19H23NO2S. The van der Waals surface area contributed by atoms with Crippen LogP contribution in [0.3, 0.4) is 0 Å². The van der Waals surface area contributed by atoms with Crippen LogP contribution in [0.25, 0.3) is 5.57 Å². The molecule has 0 radical (unpaired) electrons. The predicted molar refractivity (Wildman–Crippen MR) is 95.6 cm³/mol. The number of hydrogen-bond donors (Lipinski definition) is 1. The van der Waals surface area contributed by atoms with Crippen molar-refractivity contribution in [2.75, 3.05) is 6.54 Å². The number of hydrogen-bond acceptors (Lipinski definition) is 2. The lowest BCUT2D eigenvalue weighted by Crippen LogP contribution is -2.25. The summed E-state index contributed by atoms with van der Waals surface area (Å²) in [7, 11) is -3.51. The molecule has 2 aromatic rings. The standard InChI is InChI=1S/C19H23NO2S/c1-15(2)13-18(17-7-5-4-6-8-17)14-20-23(21,22)19-11-9-16(3)10-12-19/h4-13,15,20H,14H2,1-3H3. The highest BCUT2D eigenvalue weighted by atomic mass is 32.2. The summed E-state index contributed by atoms with van der Waals surface area (Å²) < 4.78 is 27.6. The molecule has 0 fully saturated rings. The third kappa shape index (κ3) is 5.05. The summed E-state index contributed by atoms with van der Waals surface area (Å²) >= 11 is 0. The van der Waals surface area contributed by atoms with Gasteiger partial charge in [-0.1, -0.05) is 68.0 Å². The minimum atomic E-state index is -3.51. The minimum absolute atomic E-state index is 0.276. The van der Waals surface area contributed by atoms with Crippen molar-refractivity contribution in [1.82, 2.24) is 4.72 Å². The molecule has 122 valence electrons. The zero-order valence-corrected chi connectivity index (χ0v) is 14.6. The second-order valence-electron chi connectivity index (χ2n) is 5.94. The molecule has 0 saturated heterocycles. The van der Waals surface area contributed by atoms with Crippen LogP contribution in [-0.2, 0) is 10.0 Å². The van der Waals surface area contributed by atoms with Gasteiger partial charge < -0.3 is 0 Å². The maximum absolute atomic E-state index is 12.4. The van der Waals surface area contributed by atoms with Crippen LogP contribution >= 0.6 is 0 Å². The van der Waals surface area contributed by atoms with Gasteiger partial charge in [-0.15, -0.1) is 0 Å². The van der Waals surface area contributed by atoms with Crippen LogP contribution in [0, 0.1) is 12.8 Å². The molecule has 23 heavy (non-hydrogen) atoms. The first-order valence-corrected chi connectivity index (χ1v) is 9.19. The molecule has 2 aromatic carbocycles. The summed E-state index contributed by atoms with van der Waals surface area (Å²) in [6.07, 6.45) is 2.09. The lowest BCUT2D eigenvalue weighted by Gasteiger charge is -2.12. The Balaban J connectivity index is 2.20. The Kier molecular flexibility index (Phi) is 5.74. The molecule has 0 heterocycles. The summed E-state index contributed by atoms with van der Waals surface area (Å²) in [4.78, 5) is 0.292. The summed E-state index contributed by atoms with van der Waals surface area (Å²) in [5, 5.41) is 0. The van der Waals surface area contributed by atoms with Gasteiger partial charge in [-0.2, -0.15) is 0 Å². The van der Waals surface area contributed by atoms with E-state index in [-0.39, 0.29) is 6.54 Å². The molecule has 4 heteroatoms. The molecule has 3 nitrogen and oxygen atoms in total. The Morgan fingerprint density at radius 1 is 1.04 bits per heavy atom. The van der Waals surface area contributed by atoms with Crippen molar-refractivity contribution in [2.24, 2.45) is 5.92 Å². The van der Waals surface area contributed by atoms with Gasteiger partial charge in [0.15, 0.2) is 0 Å². The quantitative estimate of drug-likeness (QED) is 0.870. The maximum atomic E-state index is 12.4. The molecule has 1 N–H and O–H groups in total. The van der Waals surface area contributed by atoms with Crippen LogP contribution in [-0.4, -0.2) is 15.0 Å². The fraction of sp³-hybridized carbons (Fsp3) is 0.263. The van der Waals surface area contributed by atoms with Crippen molar-refractivity contribution in [3.05, 3.63) is 71.8 Å². The topological polar surface area (TPSA) is 46.2 Å². The smallest absolute Gasteiger partial charge is 0.207 e. The zero-order valence-electron chi connectivity index (χ0n) is 13.8. The van der Waals surface area contributed by atoms with Crippen molar-refractivity contribution in [2.45, 2.75) is 25.7 Å². The number of rotatable bonds is 6. The molecule has 0 saturated carbocycles. The third-order valence-electron chi connectivity index (χ3n) is 3.46. The van der Waals surface area contributed by atoms with E-state index in [0.29, 0.717) is 10.8 Å². The molecular weight excluding hydrogens is 306 g/mol. The van der Waals surface area contributed by atoms with E-state index in [4.69, 9.17) is 0 Å². The van der Waals surface area contributed by atoms with Gasteiger partial charge in [-0.3, -0.25) is 0 Å². The highest BCUT2D eigenvalue weighted by Crippen LogP contribution is 2.17. The Morgan fingerprint density at radius 2 is 1.65 bits per heavy atom. The Morgan fingerprint density at radius 3 is 2.22 bits per heavy atom. The minimum Gasteiger partial charge on any atom is -0.207 e. The number of aryl methyl sites for hydroxylation is 1. The fourth-order valence-corrected chi connectivity index (χ4v) is 3.29. The van der Waals surface area contributed by atoms with Crippen LogP contribution in [0.5, 0.6) is 0 Å². The summed E-state index contributed by atoms with van der Waals surface area (Å²) in [6.45, 7) is 6.37. The average molecular weight is 329 g/mol. The monoisotopic (exact) mass is 329 g/mol. The first kappa shape index (κ1) is 17.4. The zero-order chi connectivity index (χ0) is 16.9.